The summed E-state index contributed by atoms with van der Waals surface area (Å²) in [4.78, 5) is 0. The van der Waals surface area contributed by atoms with Gasteiger partial charge in [0.15, 0.2) is 0 Å². The molecule has 0 aliphatic heterocycles. The van der Waals surface area contributed by atoms with Gasteiger partial charge in [0.1, 0.15) is 0 Å². The van der Waals surface area contributed by atoms with Gasteiger partial charge in [-0.25, -0.2) is 0 Å². The Morgan fingerprint density at radius 1 is 1.30 bits per heavy atom. The molecule has 0 atom stereocenters. The molecule has 0 unspecified atom stereocenters. The molecule has 10 heavy (non-hydrogen) atoms. The van der Waals surface area contributed by atoms with Crippen molar-refractivity contribution in [1.29, 1.82) is 0 Å². The topological polar surface area (TPSA) is 0 Å². The molecule has 0 aliphatic rings. The molecule has 1 aromatic rings. The van der Waals surface area contributed by atoms with Crippen LogP contribution in [-0.2, 0) is 6.42 Å². The Morgan fingerprint density at radius 2 is 2.00 bits per heavy atom. The van der Waals surface area contributed by atoms with E-state index in [9.17, 15) is 0 Å². The standard InChI is InChI=1S/C8H9.CH3.Mg/c1-2-8-6-4-3-5-7-8;;/h3-6H,2H2,1H3;1H3;. The average molecular weight is 144 g/mol. The molecule has 0 bridgehead atoms. The maximum absolute atomic E-state index is 2.34. The summed E-state index contributed by atoms with van der Waals surface area (Å²) < 4.78 is 1.63. The molecule has 0 saturated carbocycles. The van der Waals surface area contributed by atoms with E-state index in [1.165, 1.54) is 6.42 Å². The first kappa shape index (κ1) is 8.09. The van der Waals surface area contributed by atoms with Crippen molar-refractivity contribution >= 4 is 24.1 Å². The minimum atomic E-state index is 0.0514. The second-order valence-electron chi connectivity index (χ2n) is 2.48. The van der Waals surface area contributed by atoms with Gasteiger partial charge in [-0.3, -0.25) is 0 Å². The Hall–Kier alpha value is -0.0138. The van der Waals surface area contributed by atoms with Gasteiger partial charge in [-0.05, 0) is 6.42 Å². The molecule has 0 saturated heterocycles. The van der Waals surface area contributed by atoms with Crippen LogP contribution in [0.15, 0.2) is 24.3 Å². The lowest BCUT2D eigenvalue weighted by Gasteiger charge is -2.03. The Labute approximate surface area is 72.4 Å². The van der Waals surface area contributed by atoms with E-state index in [4.69, 9.17) is 0 Å². The third-order valence-electron chi connectivity index (χ3n) is 1.88. The first-order chi connectivity index (χ1) is 4.88. The molecule has 0 fully saturated rings. The van der Waals surface area contributed by atoms with Crippen LogP contribution in [0.4, 0.5) is 0 Å². The average Bonchev–Trinajstić information content (AvgIpc) is 2.04. The molecule has 0 N–H and O–H groups in total. The summed E-state index contributed by atoms with van der Waals surface area (Å²) >= 11 is 0.0514. The van der Waals surface area contributed by atoms with Gasteiger partial charge in [0.2, 0.25) is 0 Å². The van der Waals surface area contributed by atoms with E-state index in [1.807, 2.05) is 0 Å². The second kappa shape index (κ2) is 3.99. The lowest BCUT2D eigenvalue weighted by Crippen LogP contribution is -2.15. The fraction of sp³-hybridized carbons (Fsp3) is 0.333. The maximum Gasteiger partial charge on any atom is 0.405 e. The van der Waals surface area contributed by atoms with E-state index in [0.29, 0.717) is 0 Å². The van der Waals surface area contributed by atoms with E-state index in [-0.39, 0.29) is 20.4 Å². The third kappa shape index (κ3) is 1.74. The molecule has 0 aromatic heterocycles. The lowest BCUT2D eigenvalue weighted by atomic mass is 10.2. The van der Waals surface area contributed by atoms with Gasteiger partial charge in [0, 0.05) is 0 Å². The Bertz CT molecular complexity index is 183. The monoisotopic (exact) mass is 144 g/mol. The SMILES string of the molecule is CCc1cccc[c]1[Mg][CH3]. The third-order valence-corrected chi connectivity index (χ3v) is 3.33. The summed E-state index contributed by atoms with van der Waals surface area (Å²) in [6.07, 6.45) is 1.19. The quantitative estimate of drug-likeness (QED) is 0.554. The van der Waals surface area contributed by atoms with Gasteiger partial charge in [-0.1, -0.05) is 36.8 Å². The van der Waals surface area contributed by atoms with E-state index in [0.717, 1.165) is 0 Å². The Morgan fingerprint density at radius 3 is 2.50 bits per heavy atom. The second-order valence-corrected chi connectivity index (χ2v) is 3.94. The van der Waals surface area contributed by atoms with E-state index in [1.54, 1.807) is 9.26 Å². The highest BCUT2D eigenvalue weighted by atomic mass is 24.5. The summed E-state index contributed by atoms with van der Waals surface area (Å²) in [5.41, 5.74) is 1.55. The van der Waals surface area contributed by atoms with Crippen molar-refractivity contribution in [3.8, 4) is 0 Å². The lowest BCUT2D eigenvalue weighted by molar-refractivity contribution is 1.15. The molecule has 0 nitrogen and oxygen atoms in total. The molecule has 1 heteroatoms. The van der Waals surface area contributed by atoms with Crippen LogP contribution in [0, 0.1) is 0 Å². The van der Waals surface area contributed by atoms with Gasteiger partial charge in [-0.15, -0.1) is 5.05 Å². The van der Waals surface area contributed by atoms with E-state index in [2.05, 4.69) is 36.2 Å². The number of hydrogen-bond acceptors (Lipinski definition) is 0. The van der Waals surface area contributed by atoms with Crippen LogP contribution in [0.1, 0.15) is 12.5 Å². The maximum atomic E-state index is 2.34. The van der Waals surface area contributed by atoms with Crippen molar-refractivity contribution in [3.63, 3.8) is 0 Å². The minimum Gasteiger partial charge on any atom is -0.171 e. The van der Waals surface area contributed by atoms with Crippen molar-refractivity contribution < 1.29 is 0 Å². The molecule has 0 aliphatic carbocycles. The van der Waals surface area contributed by atoms with Crippen LogP contribution >= 0.6 is 0 Å². The molecule has 0 radical (unpaired) electrons. The summed E-state index contributed by atoms with van der Waals surface area (Å²) in [5, 5.41) is 2.34. The van der Waals surface area contributed by atoms with Gasteiger partial charge in [-0.2, -0.15) is 3.69 Å². The zero-order chi connectivity index (χ0) is 7.40. The molecule has 0 heterocycles. The largest absolute Gasteiger partial charge is 0.405 e. The molecule has 50 valence electrons. The van der Waals surface area contributed by atoms with Crippen molar-refractivity contribution in [1.82, 2.24) is 0 Å². The van der Waals surface area contributed by atoms with Crippen LogP contribution < -0.4 is 3.69 Å². The summed E-state index contributed by atoms with van der Waals surface area (Å²) in [7, 11) is 0. The summed E-state index contributed by atoms with van der Waals surface area (Å²) in [5.74, 6) is 0. The Balaban J connectivity index is 2.96. The molecule has 1 rings (SSSR count). The number of aryl methyl sites for hydroxylation is 1. The zero-order valence-corrected chi connectivity index (χ0v) is 8.14. The summed E-state index contributed by atoms with van der Waals surface area (Å²) in [6.45, 7) is 2.23. The van der Waals surface area contributed by atoms with Crippen molar-refractivity contribution in [3.05, 3.63) is 29.8 Å². The minimum absolute atomic E-state index is 0.0514. The predicted octanol–water partition coefficient (Wildman–Crippen LogP) is 1.63. The number of rotatable bonds is 2. The summed E-state index contributed by atoms with van der Waals surface area (Å²) in [6, 6.07) is 8.79. The van der Waals surface area contributed by atoms with Gasteiger partial charge in [0.05, 0.1) is 0 Å². The highest BCUT2D eigenvalue weighted by molar-refractivity contribution is 6.52. The van der Waals surface area contributed by atoms with Crippen molar-refractivity contribution in [2.75, 3.05) is 0 Å². The number of hydrogen-bond donors (Lipinski definition) is 0. The fourth-order valence-corrected chi connectivity index (χ4v) is 2.44. The van der Waals surface area contributed by atoms with Gasteiger partial charge >= 0.3 is 20.4 Å². The van der Waals surface area contributed by atoms with Crippen LogP contribution in [0.25, 0.3) is 0 Å². The van der Waals surface area contributed by atoms with Crippen LogP contribution in [0.5, 0.6) is 0 Å². The molecule has 1 aromatic carbocycles. The van der Waals surface area contributed by atoms with Crippen molar-refractivity contribution in [2.24, 2.45) is 0 Å². The molecule has 0 spiro atoms. The fourth-order valence-electron chi connectivity index (χ4n) is 1.25. The highest BCUT2D eigenvalue weighted by Crippen LogP contribution is 1.95. The first-order valence-corrected chi connectivity index (χ1v) is 6.07. The molecule has 0 amide bonds. The Kier molecular flexibility index (Phi) is 3.23. The van der Waals surface area contributed by atoms with Crippen LogP contribution in [-0.4, -0.2) is 20.4 Å². The van der Waals surface area contributed by atoms with E-state index < -0.39 is 0 Å². The van der Waals surface area contributed by atoms with Crippen LogP contribution in [0.2, 0.25) is 5.05 Å². The van der Waals surface area contributed by atoms with Crippen molar-refractivity contribution in [2.45, 2.75) is 18.4 Å². The van der Waals surface area contributed by atoms with Gasteiger partial charge < -0.3 is 0 Å². The normalized spacial score (nSPS) is 9.00. The molecular formula is C9H12Mg. The highest BCUT2D eigenvalue weighted by Gasteiger charge is 1.96. The predicted molar refractivity (Wildman–Crippen MR) is 47.1 cm³/mol. The zero-order valence-electron chi connectivity index (χ0n) is 6.72. The number of benzene rings is 1. The first-order valence-electron chi connectivity index (χ1n) is 3.95. The van der Waals surface area contributed by atoms with Gasteiger partial charge in [0.25, 0.3) is 0 Å². The van der Waals surface area contributed by atoms with Crippen LogP contribution in [0.3, 0.4) is 0 Å². The van der Waals surface area contributed by atoms with E-state index >= 15 is 0 Å². The molecular weight excluding hydrogens is 132 g/mol. The smallest absolute Gasteiger partial charge is 0.171 e.